The van der Waals surface area contributed by atoms with Crippen LogP contribution in [0.5, 0.6) is 0 Å². The Morgan fingerprint density at radius 2 is 2.38 bits per heavy atom. The van der Waals surface area contributed by atoms with Crippen LogP contribution in [0.4, 0.5) is 0 Å². The Labute approximate surface area is 120 Å². The summed E-state index contributed by atoms with van der Waals surface area (Å²) in [6, 6.07) is 2.02. The number of likely N-dealkylation sites (tertiary alicyclic amines) is 1. The predicted molar refractivity (Wildman–Crippen MR) is 68.5 cm³/mol. The van der Waals surface area contributed by atoms with Gasteiger partial charge in [-0.2, -0.15) is 0 Å². The highest BCUT2D eigenvalue weighted by Crippen LogP contribution is 2.22. The van der Waals surface area contributed by atoms with Crippen molar-refractivity contribution in [3.05, 3.63) is 29.4 Å². The molecule has 0 unspecified atom stereocenters. The minimum Gasteiger partial charge on any atom is -0.476 e. The normalized spacial score (nSPS) is 16.0. The number of hydrogen-bond donors (Lipinski definition) is 1. The van der Waals surface area contributed by atoms with E-state index >= 15 is 0 Å². The highest BCUT2D eigenvalue weighted by molar-refractivity contribution is 5.84. The Bertz CT molecular complexity index is 631. The lowest BCUT2D eigenvalue weighted by Gasteiger charge is -2.38. The lowest BCUT2D eigenvalue weighted by Crippen LogP contribution is -2.47. The van der Waals surface area contributed by atoms with E-state index in [9.17, 15) is 4.79 Å². The van der Waals surface area contributed by atoms with Gasteiger partial charge < -0.3 is 14.4 Å². The fourth-order valence-electron chi connectivity index (χ4n) is 2.26. The monoisotopic (exact) mass is 293 g/mol. The van der Waals surface area contributed by atoms with E-state index in [1.807, 2.05) is 6.07 Å². The van der Waals surface area contributed by atoms with Crippen molar-refractivity contribution in [1.82, 2.24) is 25.1 Å². The Balaban J connectivity index is 1.51. The minimum absolute atomic E-state index is 0.0332. The summed E-state index contributed by atoms with van der Waals surface area (Å²) in [5, 5.41) is 20.2. The Kier molecular flexibility index (Phi) is 3.67. The number of methoxy groups -OCH3 is 1. The first-order valence-electron chi connectivity index (χ1n) is 6.46. The van der Waals surface area contributed by atoms with Crippen LogP contribution < -0.4 is 0 Å². The van der Waals surface area contributed by atoms with Gasteiger partial charge in [0.2, 0.25) is 0 Å². The number of aromatic nitrogens is 4. The molecule has 112 valence electrons. The Morgan fingerprint density at radius 1 is 1.57 bits per heavy atom. The van der Waals surface area contributed by atoms with Gasteiger partial charge in [0.05, 0.1) is 17.9 Å². The number of hydrogen-bond acceptors (Lipinski definition) is 7. The van der Waals surface area contributed by atoms with E-state index in [4.69, 9.17) is 14.4 Å². The zero-order chi connectivity index (χ0) is 14.8. The molecule has 3 rings (SSSR count). The third kappa shape index (κ3) is 2.93. The fourth-order valence-corrected chi connectivity index (χ4v) is 2.26. The van der Waals surface area contributed by atoms with Crippen molar-refractivity contribution in [2.24, 2.45) is 0 Å². The summed E-state index contributed by atoms with van der Waals surface area (Å²) >= 11 is 0. The first-order valence-corrected chi connectivity index (χ1v) is 6.46. The molecular weight excluding hydrogens is 278 g/mol. The van der Waals surface area contributed by atoms with Crippen LogP contribution in [-0.2, 0) is 17.9 Å². The van der Waals surface area contributed by atoms with E-state index in [1.54, 1.807) is 11.8 Å². The van der Waals surface area contributed by atoms with Gasteiger partial charge >= 0.3 is 5.97 Å². The van der Waals surface area contributed by atoms with Gasteiger partial charge in [-0.25, -0.2) is 9.48 Å². The van der Waals surface area contributed by atoms with Gasteiger partial charge in [-0.3, -0.25) is 4.90 Å². The lowest BCUT2D eigenvalue weighted by atomic mass is 10.1. The fraction of sp³-hybridized carbons (Fsp3) is 0.500. The number of aromatic carboxylic acids is 1. The molecule has 1 aliphatic rings. The van der Waals surface area contributed by atoms with Crippen LogP contribution in [0.25, 0.3) is 0 Å². The molecule has 2 aromatic rings. The van der Waals surface area contributed by atoms with Crippen LogP contribution in [0.3, 0.4) is 0 Å². The molecule has 1 fully saturated rings. The third-order valence-electron chi connectivity index (χ3n) is 3.32. The van der Waals surface area contributed by atoms with E-state index < -0.39 is 5.97 Å². The molecule has 0 aromatic carbocycles. The number of ether oxygens (including phenoxy) is 1. The molecule has 9 heteroatoms. The highest BCUT2D eigenvalue weighted by Gasteiger charge is 2.30. The third-order valence-corrected chi connectivity index (χ3v) is 3.32. The van der Waals surface area contributed by atoms with Gasteiger partial charge in [-0.15, -0.1) is 5.10 Å². The van der Waals surface area contributed by atoms with Crippen molar-refractivity contribution in [2.75, 3.05) is 20.2 Å². The second-order valence-corrected chi connectivity index (χ2v) is 4.95. The van der Waals surface area contributed by atoms with Gasteiger partial charge in [0.15, 0.2) is 11.5 Å². The molecule has 9 nitrogen and oxygen atoms in total. The predicted octanol–water partition coefficient (Wildman–Crippen LogP) is 0.168. The Hall–Kier alpha value is -2.26. The number of rotatable bonds is 6. The molecule has 0 radical (unpaired) electrons. The molecule has 1 N–H and O–H groups in total. The molecule has 3 heterocycles. The maximum absolute atomic E-state index is 10.7. The largest absolute Gasteiger partial charge is 0.476 e. The van der Waals surface area contributed by atoms with Crippen LogP contribution in [0.2, 0.25) is 0 Å². The quantitative estimate of drug-likeness (QED) is 0.803. The molecule has 21 heavy (non-hydrogen) atoms. The van der Waals surface area contributed by atoms with Gasteiger partial charge in [-0.05, 0) is 0 Å². The van der Waals surface area contributed by atoms with Gasteiger partial charge in [-0.1, -0.05) is 10.4 Å². The van der Waals surface area contributed by atoms with Gasteiger partial charge in [0.25, 0.3) is 0 Å². The topological polar surface area (TPSA) is 107 Å². The summed E-state index contributed by atoms with van der Waals surface area (Å²) in [4.78, 5) is 12.9. The molecule has 0 spiro atoms. The first-order chi connectivity index (χ1) is 10.2. The van der Waals surface area contributed by atoms with Crippen LogP contribution in [0, 0.1) is 0 Å². The van der Waals surface area contributed by atoms with Crippen molar-refractivity contribution in [2.45, 2.75) is 19.2 Å². The van der Waals surface area contributed by atoms with Gasteiger partial charge in [0.1, 0.15) is 6.61 Å². The van der Waals surface area contributed by atoms with E-state index in [-0.39, 0.29) is 11.7 Å². The SMILES string of the molecule is COCc1cc(CN2CC(n3cc(C(=O)O)nn3)C2)no1. The van der Waals surface area contributed by atoms with Crippen molar-refractivity contribution in [3.8, 4) is 0 Å². The van der Waals surface area contributed by atoms with Crippen molar-refractivity contribution < 1.29 is 19.2 Å². The smallest absolute Gasteiger partial charge is 0.358 e. The Morgan fingerprint density at radius 3 is 3.05 bits per heavy atom. The van der Waals surface area contributed by atoms with E-state index in [0.29, 0.717) is 18.9 Å². The van der Waals surface area contributed by atoms with Crippen molar-refractivity contribution in [1.29, 1.82) is 0 Å². The molecule has 0 atom stereocenters. The van der Waals surface area contributed by atoms with Crippen LogP contribution in [-0.4, -0.2) is 56.3 Å². The van der Waals surface area contributed by atoms with Crippen molar-refractivity contribution in [3.63, 3.8) is 0 Å². The zero-order valence-corrected chi connectivity index (χ0v) is 11.5. The van der Waals surface area contributed by atoms with E-state index in [0.717, 1.165) is 18.8 Å². The molecule has 2 aromatic heterocycles. The summed E-state index contributed by atoms with van der Waals surface area (Å²) in [7, 11) is 1.60. The second-order valence-electron chi connectivity index (χ2n) is 4.95. The minimum atomic E-state index is -1.06. The number of nitrogens with zero attached hydrogens (tertiary/aromatic N) is 5. The number of carbonyl (C=O) groups is 1. The van der Waals surface area contributed by atoms with Crippen LogP contribution in [0.1, 0.15) is 28.0 Å². The van der Waals surface area contributed by atoms with Crippen molar-refractivity contribution >= 4 is 5.97 Å². The van der Waals surface area contributed by atoms with E-state index in [1.165, 1.54) is 6.20 Å². The maximum atomic E-state index is 10.7. The molecule has 0 amide bonds. The van der Waals surface area contributed by atoms with Crippen LogP contribution >= 0.6 is 0 Å². The standard InChI is InChI=1S/C12H15N5O4/c1-20-7-10-2-8(14-21-10)3-16-4-9(5-16)17-6-11(12(18)19)13-15-17/h2,6,9H,3-5,7H2,1H3,(H,18,19). The lowest BCUT2D eigenvalue weighted by molar-refractivity contribution is 0.0689. The molecule has 1 saturated heterocycles. The summed E-state index contributed by atoms with van der Waals surface area (Å²) in [5.74, 6) is -0.363. The molecule has 0 saturated carbocycles. The molecular formula is C12H15N5O4. The first kappa shape index (κ1) is 13.7. The molecule has 0 bridgehead atoms. The second kappa shape index (κ2) is 5.62. The summed E-state index contributed by atoms with van der Waals surface area (Å²) in [5.41, 5.74) is 0.819. The van der Waals surface area contributed by atoms with Crippen LogP contribution in [0.15, 0.2) is 16.8 Å². The number of carboxylic acids is 1. The number of carboxylic acid groups (broad SMARTS) is 1. The van der Waals surface area contributed by atoms with Gasteiger partial charge in [0, 0.05) is 32.8 Å². The maximum Gasteiger partial charge on any atom is 0.358 e. The van der Waals surface area contributed by atoms with E-state index in [2.05, 4.69) is 20.4 Å². The average molecular weight is 293 g/mol. The molecule has 0 aliphatic carbocycles. The highest BCUT2D eigenvalue weighted by atomic mass is 16.5. The summed E-state index contributed by atoms with van der Waals surface area (Å²) in [6.07, 6.45) is 1.46. The zero-order valence-electron chi connectivity index (χ0n) is 11.5. The average Bonchev–Trinajstić information content (AvgIpc) is 3.02. The summed E-state index contributed by atoms with van der Waals surface area (Å²) in [6.45, 7) is 2.64. The summed E-state index contributed by atoms with van der Waals surface area (Å²) < 4.78 is 11.7. The molecule has 1 aliphatic heterocycles.